The predicted octanol–water partition coefficient (Wildman–Crippen LogP) is 5.74. The Hall–Kier alpha value is -2.82. The topological polar surface area (TPSA) is 63.4 Å². The van der Waals surface area contributed by atoms with Crippen molar-refractivity contribution in [2.45, 2.75) is 51.4 Å². The summed E-state index contributed by atoms with van der Waals surface area (Å²) in [7, 11) is 3.28. The molecule has 0 aliphatic heterocycles. The number of phenols is 1. The van der Waals surface area contributed by atoms with Gasteiger partial charge in [-0.1, -0.05) is 13.0 Å². The van der Waals surface area contributed by atoms with Crippen LogP contribution < -0.4 is 9.47 Å². The number of aryl methyl sites for hydroxylation is 1. The van der Waals surface area contributed by atoms with Gasteiger partial charge in [-0.15, -0.1) is 0 Å². The van der Waals surface area contributed by atoms with Crippen molar-refractivity contribution in [3.63, 3.8) is 0 Å². The number of phenolic OH excluding ortho intramolecular Hbond substituents is 1. The molecular weight excluding hydrogens is 400 g/mol. The van der Waals surface area contributed by atoms with E-state index < -0.39 is 0 Å². The molecular formula is C27H32N2O3. The van der Waals surface area contributed by atoms with Gasteiger partial charge in [-0.25, -0.2) is 0 Å². The van der Waals surface area contributed by atoms with E-state index in [1.807, 2.05) is 30.3 Å². The molecule has 0 aromatic heterocycles. The third kappa shape index (κ3) is 3.48. The lowest BCUT2D eigenvalue weighted by Gasteiger charge is -2.49. The molecule has 5 nitrogen and oxygen atoms in total. The Kier molecular flexibility index (Phi) is 5.44. The minimum Gasteiger partial charge on any atom is -0.508 e. The molecule has 3 aliphatic carbocycles. The molecule has 2 aromatic rings. The largest absolute Gasteiger partial charge is 0.508 e. The van der Waals surface area contributed by atoms with Gasteiger partial charge in [0.15, 0.2) is 11.5 Å². The fourth-order valence-electron chi connectivity index (χ4n) is 6.62. The van der Waals surface area contributed by atoms with E-state index in [2.05, 4.69) is 18.1 Å². The SMILES string of the molecule is COc1ccc(/C=N/N=C2\CCC3C4CCc5cc(O)ccc5C4CCC23C)cc1OC. The summed E-state index contributed by atoms with van der Waals surface area (Å²) in [5.41, 5.74) is 5.17. The molecule has 1 N–H and O–H groups in total. The van der Waals surface area contributed by atoms with E-state index in [-0.39, 0.29) is 5.41 Å². The summed E-state index contributed by atoms with van der Waals surface area (Å²) in [6.45, 7) is 2.41. The molecule has 0 bridgehead atoms. The Labute approximate surface area is 190 Å². The first-order valence-electron chi connectivity index (χ1n) is 11.7. The average Bonchev–Trinajstić information content (AvgIpc) is 3.15. The number of aromatic hydroxyl groups is 1. The maximum atomic E-state index is 9.89. The van der Waals surface area contributed by atoms with Crippen molar-refractivity contribution in [1.29, 1.82) is 0 Å². The molecule has 168 valence electrons. The lowest BCUT2D eigenvalue weighted by atomic mass is 9.55. The van der Waals surface area contributed by atoms with Gasteiger partial charge in [0, 0.05) is 11.1 Å². The van der Waals surface area contributed by atoms with E-state index in [4.69, 9.17) is 14.6 Å². The first-order valence-corrected chi connectivity index (χ1v) is 11.7. The molecule has 32 heavy (non-hydrogen) atoms. The number of nitrogens with zero attached hydrogens (tertiary/aromatic N) is 2. The van der Waals surface area contributed by atoms with Gasteiger partial charge in [0.05, 0.1) is 20.4 Å². The maximum Gasteiger partial charge on any atom is 0.161 e. The molecule has 2 fully saturated rings. The van der Waals surface area contributed by atoms with Gasteiger partial charge in [-0.05, 0) is 103 Å². The first-order chi connectivity index (χ1) is 15.5. The summed E-state index contributed by atoms with van der Waals surface area (Å²) in [6, 6.07) is 11.8. The quantitative estimate of drug-likeness (QED) is 0.495. The summed E-state index contributed by atoms with van der Waals surface area (Å²) in [6.07, 6.45) is 8.68. The van der Waals surface area contributed by atoms with E-state index in [9.17, 15) is 5.11 Å². The van der Waals surface area contributed by atoms with Crippen LogP contribution in [0.5, 0.6) is 17.2 Å². The molecule has 0 amide bonds. The number of hydrogen-bond donors (Lipinski definition) is 1. The van der Waals surface area contributed by atoms with E-state index in [1.54, 1.807) is 20.4 Å². The molecule has 3 aliphatic rings. The Balaban J connectivity index is 1.35. The fourth-order valence-corrected chi connectivity index (χ4v) is 6.62. The lowest BCUT2D eigenvalue weighted by molar-refractivity contribution is 0.0955. The van der Waals surface area contributed by atoms with Crippen molar-refractivity contribution >= 4 is 11.9 Å². The highest BCUT2D eigenvalue weighted by Gasteiger charge is 2.53. The molecule has 2 saturated carbocycles. The standard InChI is InChI=1S/C27H32N2O3/c1-27-13-12-21-20-8-6-19(30)15-18(20)5-7-22(21)23(27)9-11-26(27)29-28-16-17-4-10-24(31-2)25(14-17)32-3/h4,6,8,10,14-16,21-23,30H,5,7,9,11-13H2,1-3H3/b28-16+,29-26+. The third-order valence-corrected chi connectivity index (χ3v) is 8.24. The summed E-state index contributed by atoms with van der Waals surface area (Å²) in [5, 5.41) is 19.1. The van der Waals surface area contributed by atoms with Crippen LogP contribution in [0.3, 0.4) is 0 Å². The van der Waals surface area contributed by atoms with Crippen LogP contribution in [0, 0.1) is 17.3 Å². The number of ether oxygens (including phenoxy) is 2. The molecule has 0 heterocycles. The zero-order valence-corrected chi connectivity index (χ0v) is 19.2. The van der Waals surface area contributed by atoms with Gasteiger partial charge in [-0.3, -0.25) is 0 Å². The van der Waals surface area contributed by atoms with E-state index in [0.717, 1.165) is 24.8 Å². The van der Waals surface area contributed by atoms with Crippen molar-refractivity contribution in [2.24, 2.45) is 27.5 Å². The Morgan fingerprint density at radius 3 is 2.66 bits per heavy atom. The van der Waals surface area contributed by atoms with Crippen molar-refractivity contribution in [3.05, 3.63) is 53.1 Å². The van der Waals surface area contributed by atoms with E-state index in [0.29, 0.717) is 35.0 Å². The third-order valence-electron chi connectivity index (χ3n) is 8.24. The number of rotatable bonds is 4. The normalized spacial score (nSPS) is 30.1. The van der Waals surface area contributed by atoms with Crippen LogP contribution in [0.25, 0.3) is 0 Å². The highest BCUT2D eigenvalue weighted by atomic mass is 16.5. The van der Waals surface area contributed by atoms with Gasteiger partial charge in [0.25, 0.3) is 0 Å². The molecule has 5 rings (SSSR count). The molecule has 4 unspecified atom stereocenters. The second-order valence-electron chi connectivity index (χ2n) is 9.70. The summed E-state index contributed by atoms with van der Waals surface area (Å²) < 4.78 is 10.7. The number of methoxy groups -OCH3 is 2. The fraction of sp³-hybridized carbons (Fsp3) is 0.481. The van der Waals surface area contributed by atoms with Gasteiger partial charge in [0.1, 0.15) is 5.75 Å². The van der Waals surface area contributed by atoms with Gasteiger partial charge < -0.3 is 14.6 Å². The molecule has 5 heteroatoms. The molecule has 0 radical (unpaired) electrons. The van der Waals surface area contributed by atoms with Crippen LogP contribution in [-0.2, 0) is 6.42 Å². The number of hydrogen-bond acceptors (Lipinski definition) is 5. The average molecular weight is 433 g/mol. The van der Waals surface area contributed by atoms with Crippen LogP contribution in [0.1, 0.15) is 61.6 Å². The Morgan fingerprint density at radius 1 is 1.00 bits per heavy atom. The summed E-state index contributed by atoms with van der Waals surface area (Å²) >= 11 is 0. The summed E-state index contributed by atoms with van der Waals surface area (Å²) in [4.78, 5) is 0. The molecule has 0 saturated heterocycles. The van der Waals surface area contributed by atoms with Crippen LogP contribution >= 0.6 is 0 Å². The van der Waals surface area contributed by atoms with E-state index >= 15 is 0 Å². The second kappa shape index (κ2) is 8.27. The van der Waals surface area contributed by atoms with Crippen molar-refractivity contribution < 1.29 is 14.6 Å². The molecule has 4 atom stereocenters. The smallest absolute Gasteiger partial charge is 0.161 e. The van der Waals surface area contributed by atoms with Crippen LogP contribution in [-0.4, -0.2) is 31.3 Å². The van der Waals surface area contributed by atoms with Gasteiger partial charge in [0.2, 0.25) is 0 Å². The number of benzene rings is 2. The highest BCUT2D eigenvalue weighted by Crippen LogP contribution is 2.60. The summed E-state index contributed by atoms with van der Waals surface area (Å²) in [5.74, 6) is 3.79. The zero-order chi connectivity index (χ0) is 22.3. The van der Waals surface area contributed by atoms with Gasteiger partial charge >= 0.3 is 0 Å². The van der Waals surface area contributed by atoms with Crippen LogP contribution in [0.4, 0.5) is 0 Å². The van der Waals surface area contributed by atoms with Crippen molar-refractivity contribution in [3.8, 4) is 17.2 Å². The van der Waals surface area contributed by atoms with E-state index in [1.165, 1.54) is 36.1 Å². The van der Waals surface area contributed by atoms with Crippen LogP contribution in [0.2, 0.25) is 0 Å². The number of fused-ring (bicyclic) bond motifs is 5. The van der Waals surface area contributed by atoms with Gasteiger partial charge in [-0.2, -0.15) is 10.2 Å². The first kappa shape index (κ1) is 21.0. The maximum absolute atomic E-state index is 9.89. The monoisotopic (exact) mass is 432 g/mol. The van der Waals surface area contributed by atoms with Crippen LogP contribution in [0.15, 0.2) is 46.6 Å². The zero-order valence-electron chi connectivity index (χ0n) is 19.2. The van der Waals surface area contributed by atoms with Crippen molar-refractivity contribution in [2.75, 3.05) is 14.2 Å². The predicted molar refractivity (Wildman–Crippen MR) is 127 cm³/mol. The lowest BCUT2D eigenvalue weighted by Crippen LogP contribution is -2.42. The minimum absolute atomic E-state index is 0.143. The highest BCUT2D eigenvalue weighted by molar-refractivity contribution is 5.93. The van der Waals surface area contributed by atoms with Crippen molar-refractivity contribution in [1.82, 2.24) is 0 Å². The minimum atomic E-state index is 0.143. The Bertz CT molecular complexity index is 1080. The second-order valence-corrected chi connectivity index (χ2v) is 9.70. The molecule has 2 aromatic carbocycles. The molecule has 0 spiro atoms. The Morgan fingerprint density at radius 2 is 1.84 bits per heavy atom.